The number of aromatic nitrogens is 2. The molecule has 0 spiro atoms. The fourth-order valence-electron chi connectivity index (χ4n) is 1.50. The maximum Gasteiger partial charge on any atom is 0.275 e. The standard InChI is InChI=1S/C13H10ClN5O/c1-16-12-7-17-6-11(18-12)13(20)19-10-4-9(14)3-2-8(10)5-15/h2-4,6-7H,1H3,(H,16,18)(H,19,20). The maximum absolute atomic E-state index is 12.1. The number of carbonyl (C=O) groups is 1. The number of nitriles is 1. The number of halogens is 1. The number of anilines is 2. The highest BCUT2D eigenvalue weighted by atomic mass is 35.5. The molecule has 20 heavy (non-hydrogen) atoms. The third-order valence-electron chi connectivity index (χ3n) is 2.47. The Morgan fingerprint density at radius 3 is 2.90 bits per heavy atom. The summed E-state index contributed by atoms with van der Waals surface area (Å²) >= 11 is 5.85. The van der Waals surface area contributed by atoms with Crippen molar-refractivity contribution in [1.82, 2.24) is 9.97 Å². The summed E-state index contributed by atoms with van der Waals surface area (Å²) in [7, 11) is 1.68. The molecular formula is C13H10ClN5O. The molecule has 2 N–H and O–H groups in total. The summed E-state index contributed by atoms with van der Waals surface area (Å²) in [6, 6.07) is 6.60. The molecule has 1 aromatic carbocycles. The van der Waals surface area contributed by atoms with Crippen molar-refractivity contribution in [2.24, 2.45) is 0 Å². The van der Waals surface area contributed by atoms with Gasteiger partial charge in [-0.2, -0.15) is 5.26 Å². The molecule has 0 bridgehead atoms. The number of amides is 1. The van der Waals surface area contributed by atoms with Crippen LogP contribution in [0, 0.1) is 11.3 Å². The smallest absolute Gasteiger partial charge is 0.275 e. The van der Waals surface area contributed by atoms with E-state index in [-0.39, 0.29) is 5.69 Å². The van der Waals surface area contributed by atoms with Crippen LogP contribution in [0.3, 0.4) is 0 Å². The highest BCUT2D eigenvalue weighted by Gasteiger charge is 2.12. The molecule has 0 saturated heterocycles. The average Bonchev–Trinajstić information content (AvgIpc) is 2.47. The fraction of sp³-hybridized carbons (Fsp3) is 0.0769. The molecule has 7 heteroatoms. The summed E-state index contributed by atoms with van der Waals surface area (Å²) in [5.74, 6) is 0.0117. The van der Waals surface area contributed by atoms with Crippen molar-refractivity contribution in [3.8, 4) is 6.07 Å². The molecule has 100 valence electrons. The molecule has 0 aliphatic rings. The van der Waals surface area contributed by atoms with Crippen LogP contribution in [0.1, 0.15) is 16.1 Å². The Labute approximate surface area is 120 Å². The zero-order valence-electron chi connectivity index (χ0n) is 10.5. The second-order valence-electron chi connectivity index (χ2n) is 3.80. The highest BCUT2D eigenvalue weighted by molar-refractivity contribution is 6.31. The van der Waals surface area contributed by atoms with E-state index in [0.29, 0.717) is 22.1 Å². The summed E-state index contributed by atoms with van der Waals surface area (Å²) in [5, 5.41) is 14.8. The Bertz CT molecular complexity index is 695. The van der Waals surface area contributed by atoms with Crippen molar-refractivity contribution < 1.29 is 4.79 Å². The number of hydrogen-bond acceptors (Lipinski definition) is 5. The molecule has 0 saturated carbocycles. The molecule has 2 aromatic rings. The summed E-state index contributed by atoms with van der Waals surface area (Å²) < 4.78 is 0. The third kappa shape index (κ3) is 3.02. The lowest BCUT2D eigenvalue weighted by molar-refractivity contribution is 0.102. The van der Waals surface area contributed by atoms with Crippen LogP contribution in [-0.4, -0.2) is 22.9 Å². The largest absolute Gasteiger partial charge is 0.372 e. The van der Waals surface area contributed by atoms with E-state index in [1.807, 2.05) is 6.07 Å². The van der Waals surface area contributed by atoms with E-state index in [0.717, 1.165) is 0 Å². The Morgan fingerprint density at radius 1 is 1.40 bits per heavy atom. The predicted octanol–water partition coefficient (Wildman–Crippen LogP) is 2.30. The molecule has 1 heterocycles. The van der Waals surface area contributed by atoms with Crippen LogP contribution in [0.4, 0.5) is 11.5 Å². The van der Waals surface area contributed by atoms with Gasteiger partial charge in [0.2, 0.25) is 0 Å². The van der Waals surface area contributed by atoms with E-state index in [9.17, 15) is 4.79 Å². The Morgan fingerprint density at radius 2 is 2.20 bits per heavy atom. The molecule has 0 atom stereocenters. The average molecular weight is 288 g/mol. The van der Waals surface area contributed by atoms with Gasteiger partial charge < -0.3 is 10.6 Å². The lowest BCUT2D eigenvalue weighted by atomic mass is 10.2. The Balaban J connectivity index is 2.28. The van der Waals surface area contributed by atoms with Crippen molar-refractivity contribution in [2.45, 2.75) is 0 Å². The van der Waals surface area contributed by atoms with Crippen LogP contribution in [-0.2, 0) is 0 Å². The van der Waals surface area contributed by atoms with Gasteiger partial charge in [0.25, 0.3) is 5.91 Å². The third-order valence-corrected chi connectivity index (χ3v) is 2.71. The highest BCUT2D eigenvalue weighted by Crippen LogP contribution is 2.20. The lowest BCUT2D eigenvalue weighted by Crippen LogP contribution is -2.15. The molecule has 1 amide bonds. The first-order valence-electron chi connectivity index (χ1n) is 5.65. The van der Waals surface area contributed by atoms with Gasteiger partial charge in [0.1, 0.15) is 17.6 Å². The Kier molecular flexibility index (Phi) is 4.13. The fourth-order valence-corrected chi connectivity index (χ4v) is 1.67. The van der Waals surface area contributed by atoms with Crippen molar-refractivity contribution in [2.75, 3.05) is 17.7 Å². The summed E-state index contributed by atoms with van der Waals surface area (Å²) in [4.78, 5) is 20.0. The van der Waals surface area contributed by atoms with E-state index in [2.05, 4.69) is 20.6 Å². The van der Waals surface area contributed by atoms with Gasteiger partial charge in [0.15, 0.2) is 0 Å². The van der Waals surface area contributed by atoms with Crippen molar-refractivity contribution >= 4 is 29.0 Å². The normalized spacial score (nSPS) is 9.65. The van der Waals surface area contributed by atoms with Crippen molar-refractivity contribution in [1.29, 1.82) is 5.26 Å². The van der Waals surface area contributed by atoms with Gasteiger partial charge in [-0.05, 0) is 18.2 Å². The number of hydrogen-bond donors (Lipinski definition) is 2. The maximum atomic E-state index is 12.1. The van der Waals surface area contributed by atoms with E-state index in [1.54, 1.807) is 13.1 Å². The lowest BCUT2D eigenvalue weighted by Gasteiger charge is -2.07. The molecule has 0 unspecified atom stereocenters. The summed E-state index contributed by atoms with van der Waals surface area (Å²) in [6.07, 6.45) is 2.84. The topological polar surface area (TPSA) is 90.7 Å². The number of nitrogens with zero attached hydrogens (tertiary/aromatic N) is 3. The van der Waals surface area contributed by atoms with Gasteiger partial charge in [-0.25, -0.2) is 4.98 Å². The van der Waals surface area contributed by atoms with Gasteiger partial charge in [0.05, 0.1) is 23.6 Å². The predicted molar refractivity (Wildman–Crippen MR) is 75.7 cm³/mol. The van der Waals surface area contributed by atoms with Crippen LogP contribution in [0.2, 0.25) is 5.02 Å². The van der Waals surface area contributed by atoms with Gasteiger partial charge in [-0.15, -0.1) is 0 Å². The molecule has 1 aromatic heterocycles. The van der Waals surface area contributed by atoms with Crippen molar-refractivity contribution in [3.63, 3.8) is 0 Å². The molecule has 2 rings (SSSR count). The van der Waals surface area contributed by atoms with Gasteiger partial charge >= 0.3 is 0 Å². The van der Waals surface area contributed by atoms with E-state index in [4.69, 9.17) is 16.9 Å². The molecule has 0 fully saturated rings. The monoisotopic (exact) mass is 287 g/mol. The number of benzene rings is 1. The quantitative estimate of drug-likeness (QED) is 0.904. The van der Waals surface area contributed by atoms with Gasteiger partial charge in [0, 0.05) is 12.1 Å². The van der Waals surface area contributed by atoms with E-state index < -0.39 is 5.91 Å². The minimum Gasteiger partial charge on any atom is -0.372 e. The molecule has 0 aliphatic carbocycles. The SMILES string of the molecule is CNc1cncc(C(=O)Nc2cc(Cl)ccc2C#N)n1. The van der Waals surface area contributed by atoms with Gasteiger partial charge in [-0.3, -0.25) is 9.78 Å². The second kappa shape index (κ2) is 5.99. The van der Waals surface area contributed by atoms with Crippen LogP contribution < -0.4 is 10.6 Å². The first-order chi connectivity index (χ1) is 9.63. The zero-order valence-corrected chi connectivity index (χ0v) is 11.3. The van der Waals surface area contributed by atoms with Crippen LogP contribution >= 0.6 is 11.6 Å². The summed E-state index contributed by atoms with van der Waals surface area (Å²) in [5.41, 5.74) is 0.794. The van der Waals surface area contributed by atoms with Crippen molar-refractivity contribution in [3.05, 3.63) is 46.9 Å². The number of nitrogens with one attached hydrogen (secondary N) is 2. The first kappa shape index (κ1) is 13.8. The zero-order chi connectivity index (χ0) is 14.5. The number of carbonyl (C=O) groups excluding carboxylic acids is 1. The van der Waals surface area contributed by atoms with Crippen LogP contribution in [0.15, 0.2) is 30.6 Å². The molecule has 0 radical (unpaired) electrons. The minimum absolute atomic E-state index is 0.140. The molecule has 0 aliphatic heterocycles. The van der Waals surface area contributed by atoms with E-state index in [1.165, 1.54) is 24.5 Å². The van der Waals surface area contributed by atoms with Crippen LogP contribution in [0.5, 0.6) is 0 Å². The first-order valence-corrected chi connectivity index (χ1v) is 6.02. The van der Waals surface area contributed by atoms with E-state index >= 15 is 0 Å². The van der Waals surface area contributed by atoms with Crippen LogP contribution in [0.25, 0.3) is 0 Å². The summed E-state index contributed by atoms with van der Waals surface area (Å²) in [6.45, 7) is 0. The molecular weight excluding hydrogens is 278 g/mol. The Hall–Kier alpha value is -2.65. The number of rotatable bonds is 3. The molecule has 6 nitrogen and oxygen atoms in total. The minimum atomic E-state index is -0.464. The second-order valence-corrected chi connectivity index (χ2v) is 4.23. The van der Waals surface area contributed by atoms with Gasteiger partial charge in [-0.1, -0.05) is 11.6 Å².